The molecular formula is C16H20Cl2N4O. The number of aromatic amines is 1. The average molecular weight is 355 g/mol. The van der Waals surface area contributed by atoms with Crippen LogP contribution in [-0.2, 0) is 0 Å². The molecule has 0 radical (unpaired) electrons. The van der Waals surface area contributed by atoms with Crippen molar-refractivity contribution in [2.45, 2.75) is 31.2 Å². The standard InChI is InChI=1S/C16H19ClN4O.ClH/c17-12-5-3-11(4-6-12)13-9-14(21-20-13)15(22)19-16(10-18)7-1-2-8-16;/h3-6,9H,1-2,7-8,10,18H2,(H,19,22)(H,20,21);1H. The van der Waals surface area contributed by atoms with Gasteiger partial charge >= 0.3 is 0 Å². The zero-order chi connectivity index (χ0) is 15.6. The maximum Gasteiger partial charge on any atom is 0.269 e. The first-order valence-corrected chi connectivity index (χ1v) is 7.84. The largest absolute Gasteiger partial charge is 0.344 e. The molecule has 1 aliphatic carbocycles. The van der Waals surface area contributed by atoms with Gasteiger partial charge in [0, 0.05) is 17.1 Å². The van der Waals surface area contributed by atoms with E-state index < -0.39 is 0 Å². The maximum atomic E-state index is 12.4. The highest BCUT2D eigenvalue weighted by molar-refractivity contribution is 6.30. The minimum atomic E-state index is -0.261. The molecule has 1 heterocycles. The molecule has 1 aromatic heterocycles. The Kier molecular flexibility index (Phi) is 5.68. The molecule has 0 aliphatic heterocycles. The molecule has 7 heteroatoms. The number of carbonyl (C=O) groups is 1. The third kappa shape index (κ3) is 3.86. The Morgan fingerprint density at radius 2 is 1.96 bits per heavy atom. The molecular weight excluding hydrogens is 335 g/mol. The minimum Gasteiger partial charge on any atom is -0.344 e. The summed E-state index contributed by atoms with van der Waals surface area (Å²) in [7, 11) is 0. The summed E-state index contributed by atoms with van der Waals surface area (Å²) in [4.78, 5) is 12.4. The molecule has 0 unspecified atom stereocenters. The summed E-state index contributed by atoms with van der Waals surface area (Å²) < 4.78 is 0. The Hall–Kier alpha value is -1.56. The van der Waals surface area contributed by atoms with E-state index in [2.05, 4.69) is 15.5 Å². The summed E-state index contributed by atoms with van der Waals surface area (Å²) in [5, 5.41) is 10.7. The number of nitrogens with one attached hydrogen (secondary N) is 2. The van der Waals surface area contributed by atoms with Crippen LogP contribution in [-0.4, -0.2) is 28.2 Å². The molecule has 124 valence electrons. The van der Waals surface area contributed by atoms with Crippen LogP contribution in [0.25, 0.3) is 11.3 Å². The van der Waals surface area contributed by atoms with Crippen LogP contribution in [0.3, 0.4) is 0 Å². The second-order valence-corrected chi connectivity index (χ2v) is 6.26. The second kappa shape index (κ2) is 7.34. The number of rotatable bonds is 4. The van der Waals surface area contributed by atoms with E-state index in [9.17, 15) is 4.79 Å². The first-order chi connectivity index (χ1) is 10.6. The van der Waals surface area contributed by atoms with Crippen molar-refractivity contribution < 1.29 is 4.79 Å². The lowest BCUT2D eigenvalue weighted by molar-refractivity contribution is 0.0898. The van der Waals surface area contributed by atoms with Gasteiger partial charge in [-0.05, 0) is 31.0 Å². The van der Waals surface area contributed by atoms with Crippen LogP contribution in [0.4, 0.5) is 0 Å². The van der Waals surface area contributed by atoms with E-state index in [1.54, 1.807) is 18.2 Å². The lowest BCUT2D eigenvalue weighted by Crippen LogP contribution is -2.51. The molecule has 1 saturated carbocycles. The van der Waals surface area contributed by atoms with Crippen LogP contribution >= 0.6 is 24.0 Å². The number of hydrogen-bond donors (Lipinski definition) is 3. The van der Waals surface area contributed by atoms with E-state index in [0.29, 0.717) is 17.3 Å². The van der Waals surface area contributed by atoms with Crippen molar-refractivity contribution in [3.8, 4) is 11.3 Å². The molecule has 0 atom stereocenters. The molecule has 1 amide bonds. The van der Waals surface area contributed by atoms with Gasteiger partial charge in [0.1, 0.15) is 5.69 Å². The molecule has 2 aromatic rings. The Balaban J connectivity index is 0.00000192. The van der Waals surface area contributed by atoms with Crippen molar-refractivity contribution in [1.29, 1.82) is 0 Å². The molecule has 0 saturated heterocycles. The van der Waals surface area contributed by atoms with E-state index in [4.69, 9.17) is 17.3 Å². The molecule has 5 nitrogen and oxygen atoms in total. The summed E-state index contributed by atoms with van der Waals surface area (Å²) in [5.41, 5.74) is 7.67. The fourth-order valence-corrected chi connectivity index (χ4v) is 3.07. The molecule has 4 N–H and O–H groups in total. The van der Waals surface area contributed by atoms with Crippen LogP contribution in [0.2, 0.25) is 5.02 Å². The normalized spacial score (nSPS) is 15.9. The van der Waals surface area contributed by atoms with Crippen molar-refractivity contribution in [3.05, 3.63) is 41.0 Å². The van der Waals surface area contributed by atoms with Gasteiger partial charge in [-0.1, -0.05) is 36.6 Å². The first-order valence-electron chi connectivity index (χ1n) is 7.46. The summed E-state index contributed by atoms with van der Waals surface area (Å²) in [6, 6.07) is 9.09. The van der Waals surface area contributed by atoms with Gasteiger partial charge in [-0.15, -0.1) is 12.4 Å². The SMILES string of the molecule is Cl.NCC1(NC(=O)c2cc(-c3ccc(Cl)cc3)n[nH]2)CCCC1. The number of nitrogens with zero attached hydrogens (tertiary/aromatic N) is 1. The Morgan fingerprint density at radius 3 is 2.57 bits per heavy atom. The van der Waals surface area contributed by atoms with Crippen molar-refractivity contribution in [2.24, 2.45) is 5.73 Å². The highest BCUT2D eigenvalue weighted by Gasteiger charge is 2.34. The second-order valence-electron chi connectivity index (χ2n) is 5.82. The minimum absolute atomic E-state index is 0. The van der Waals surface area contributed by atoms with Gasteiger partial charge < -0.3 is 11.1 Å². The molecule has 23 heavy (non-hydrogen) atoms. The predicted octanol–water partition coefficient (Wildman–Crippen LogP) is 3.15. The van der Waals surface area contributed by atoms with Crippen molar-refractivity contribution >= 4 is 29.9 Å². The molecule has 1 fully saturated rings. The van der Waals surface area contributed by atoms with E-state index in [1.807, 2.05) is 12.1 Å². The predicted molar refractivity (Wildman–Crippen MR) is 94.0 cm³/mol. The quantitative estimate of drug-likeness (QED) is 0.788. The molecule has 0 spiro atoms. The summed E-state index contributed by atoms with van der Waals surface area (Å²) in [6.07, 6.45) is 4.09. The third-order valence-electron chi connectivity index (χ3n) is 4.29. The van der Waals surface area contributed by atoms with Crippen LogP contribution in [0, 0.1) is 0 Å². The third-order valence-corrected chi connectivity index (χ3v) is 4.54. The molecule has 1 aromatic carbocycles. The van der Waals surface area contributed by atoms with Gasteiger partial charge in [0.2, 0.25) is 0 Å². The Bertz CT molecular complexity index is 663. The van der Waals surface area contributed by atoms with Crippen molar-refractivity contribution in [2.75, 3.05) is 6.54 Å². The number of nitrogens with two attached hydrogens (primary N) is 1. The lowest BCUT2D eigenvalue weighted by Gasteiger charge is -2.28. The first kappa shape index (κ1) is 17.8. The van der Waals surface area contributed by atoms with Crippen LogP contribution in [0.5, 0.6) is 0 Å². The fraction of sp³-hybridized carbons (Fsp3) is 0.375. The monoisotopic (exact) mass is 354 g/mol. The van der Waals surface area contributed by atoms with Crippen molar-refractivity contribution in [3.63, 3.8) is 0 Å². The molecule has 1 aliphatic rings. The zero-order valence-corrected chi connectivity index (χ0v) is 14.2. The smallest absolute Gasteiger partial charge is 0.269 e. The number of benzene rings is 1. The highest BCUT2D eigenvalue weighted by atomic mass is 35.5. The van der Waals surface area contributed by atoms with Crippen LogP contribution in [0.15, 0.2) is 30.3 Å². The van der Waals surface area contributed by atoms with E-state index in [0.717, 1.165) is 36.9 Å². The number of amides is 1. The van der Waals surface area contributed by atoms with Crippen molar-refractivity contribution in [1.82, 2.24) is 15.5 Å². The van der Waals surface area contributed by atoms with E-state index in [1.165, 1.54) is 0 Å². The fourth-order valence-electron chi connectivity index (χ4n) is 2.95. The molecule has 3 rings (SSSR count). The maximum absolute atomic E-state index is 12.4. The van der Waals surface area contributed by atoms with Gasteiger partial charge in [-0.2, -0.15) is 5.10 Å². The van der Waals surface area contributed by atoms with Gasteiger partial charge in [-0.25, -0.2) is 0 Å². The summed E-state index contributed by atoms with van der Waals surface area (Å²) in [6.45, 7) is 0.469. The van der Waals surface area contributed by atoms with Gasteiger partial charge in [0.15, 0.2) is 0 Å². The zero-order valence-electron chi connectivity index (χ0n) is 12.6. The van der Waals surface area contributed by atoms with E-state index in [-0.39, 0.29) is 23.9 Å². The number of aromatic nitrogens is 2. The Labute approximate surface area is 146 Å². The Morgan fingerprint density at radius 1 is 1.30 bits per heavy atom. The van der Waals surface area contributed by atoms with Crippen LogP contribution < -0.4 is 11.1 Å². The molecule has 0 bridgehead atoms. The highest BCUT2D eigenvalue weighted by Crippen LogP contribution is 2.29. The number of carbonyl (C=O) groups excluding carboxylic acids is 1. The number of hydrogen-bond acceptors (Lipinski definition) is 3. The van der Waals surface area contributed by atoms with Gasteiger partial charge in [0.25, 0.3) is 5.91 Å². The summed E-state index contributed by atoms with van der Waals surface area (Å²) in [5.74, 6) is -0.153. The van der Waals surface area contributed by atoms with Gasteiger partial charge in [-0.3, -0.25) is 9.89 Å². The van der Waals surface area contributed by atoms with E-state index >= 15 is 0 Å². The summed E-state index contributed by atoms with van der Waals surface area (Å²) >= 11 is 5.88. The number of halogens is 2. The topological polar surface area (TPSA) is 83.8 Å². The van der Waals surface area contributed by atoms with Gasteiger partial charge in [0.05, 0.1) is 11.2 Å². The van der Waals surface area contributed by atoms with Crippen LogP contribution in [0.1, 0.15) is 36.2 Å². The average Bonchev–Trinajstić information content (AvgIpc) is 3.18. The lowest BCUT2D eigenvalue weighted by atomic mass is 9.97. The number of H-pyrrole nitrogens is 1.